The van der Waals surface area contributed by atoms with Gasteiger partial charge < -0.3 is 5.32 Å². The van der Waals surface area contributed by atoms with E-state index in [1.807, 2.05) is 19.1 Å². The molecule has 0 unspecified atom stereocenters. The van der Waals surface area contributed by atoms with Crippen molar-refractivity contribution in [3.63, 3.8) is 0 Å². The predicted octanol–water partition coefficient (Wildman–Crippen LogP) is 4.18. The molecule has 5 rings (SSSR count). The zero-order valence-corrected chi connectivity index (χ0v) is 17.5. The van der Waals surface area contributed by atoms with Crippen LogP contribution in [0.15, 0.2) is 18.2 Å². The smallest absolute Gasteiger partial charge is 0.233 e. The average Bonchev–Trinajstić information content (AvgIpc) is 3.39. The van der Waals surface area contributed by atoms with Crippen LogP contribution >= 0.6 is 11.6 Å². The number of fused-ring (bicyclic) bond motifs is 5. The number of carbonyl (C=O) groups is 3. The fourth-order valence-electron chi connectivity index (χ4n) is 6.30. The van der Waals surface area contributed by atoms with Crippen molar-refractivity contribution in [2.75, 3.05) is 5.32 Å². The summed E-state index contributed by atoms with van der Waals surface area (Å²) < 4.78 is 0. The number of imide groups is 1. The van der Waals surface area contributed by atoms with Crippen molar-refractivity contribution in [2.45, 2.75) is 57.9 Å². The largest absolute Gasteiger partial charge is 0.326 e. The van der Waals surface area contributed by atoms with E-state index in [1.54, 1.807) is 11.0 Å². The van der Waals surface area contributed by atoms with Gasteiger partial charge in [-0.3, -0.25) is 19.3 Å². The van der Waals surface area contributed by atoms with Crippen molar-refractivity contribution in [1.82, 2.24) is 4.90 Å². The Bertz CT molecular complexity index is 849. The molecule has 0 spiro atoms. The second kappa shape index (κ2) is 7.12. The summed E-state index contributed by atoms with van der Waals surface area (Å²) in [7, 11) is 0. The molecule has 1 N–H and O–H groups in total. The summed E-state index contributed by atoms with van der Waals surface area (Å²) >= 11 is 6.15. The number of hydrogen-bond acceptors (Lipinski definition) is 3. The van der Waals surface area contributed by atoms with E-state index in [0.29, 0.717) is 35.4 Å². The van der Waals surface area contributed by atoms with Crippen LogP contribution in [0.4, 0.5) is 5.69 Å². The number of carbonyl (C=O) groups excluding carboxylic acids is 3. The molecule has 4 aliphatic rings. The highest BCUT2D eigenvalue weighted by Crippen LogP contribution is 2.56. The molecule has 1 aromatic rings. The van der Waals surface area contributed by atoms with Crippen molar-refractivity contribution < 1.29 is 14.4 Å². The highest BCUT2D eigenvalue weighted by Gasteiger charge is 2.61. The maximum atomic E-state index is 13.0. The van der Waals surface area contributed by atoms with Gasteiger partial charge in [0.25, 0.3) is 0 Å². The van der Waals surface area contributed by atoms with Crippen LogP contribution in [-0.4, -0.2) is 28.7 Å². The summed E-state index contributed by atoms with van der Waals surface area (Å²) in [6, 6.07) is 5.50. The van der Waals surface area contributed by atoms with Gasteiger partial charge in [-0.05, 0) is 81.4 Å². The van der Waals surface area contributed by atoms with Crippen LogP contribution in [-0.2, 0) is 14.4 Å². The van der Waals surface area contributed by atoms with Gasteiger partial charge >= 0.3 is 0 Å². The lowest BCUT2D eigenvalue weighted by Crippen LogP contribution is -2.44. The Hall–Kier alpha value is -1.88. The van der Waals surface area contributed by atoms with E-state index in [1.165, 1.54) is 0 Å². The molecule has 5 nitrogen and oxygen atoms in total. The molecule has 0 radical (unpaired) electrons. The Balaban J connectivity index is 1.20. The Morgan fingerprint density at radius 1 is 1.00 bits per heavy atom. The molecule has 1 heterocycles. The van der Waals surface area contributed by atoms with Crippen molar-refractivity contribution in [1.29, 1.82) is 0 Å². The van der Waals surface area contributed by atoms with Crippen molar-refractivity contribution in [3.8, 4) is 0 Å². The normalized spacial score (nSPS) is 35.9. The summed E-state index contributed by atoms with van der Waals surface area (Å²) in [5.74, 6) is 0.822. The highest BCUT2D eigenvalue weighted by atomic mass is 35.5. The number of hydrogen-bond donors (Lipinski definition) is 1. The fourth-order valence-corrected chi connectivity index (χ4v) is 6.48. The molecule has 0 aromatic heterocycles. The highest BCUT2D eigenvalue weighted by molar-refractivity contribution is 6.31. The van der Waals surface area contributed by atoms with Crippen LogP contribution < -0.4 is 5.32 Å². The number of rotatable bonds is 3. The fraction of sp³-hybridized carbons (Fsp3) is 0.609. The predicted molar refractivity (Wildman–Crippen MR) is 110 cm³/mol. The van der Waals surface area contributed by atoms with E-state index in [4.69, 9.17) is 11.6 Å². The molecular formula is C23H27ClN2O3. The van der Waals surface area contributed by atoms with Gasteiger partial charge in [0.2, 0.25) is 17.7 Å². The maximum Gasteiger partial charge on any atom is 0.233 e. The quantitative estimate of drug-likeness (QED) is 0.754. The number of halogens is 1. The molecule has 1 aromatic carbocycles. The summed E-state index contributed by atoms with van der Waals surface area (Å²) in [4.78, 5) is 40.3. The number of anilines is 1. The molecule has 4 fully saturated rings. The minimum atomic E-state index is -0.0881. The van der Waals surface area contributed by atoms with Gasteiger partial charge in [0.15, 0.2) is 0 Å². The number of nitrogens with zero attached hydrogens (tertiary/aromatic N) is 1. The number of likely N-dealkylation sites (tertiary alicyclic amines) is 1. The molecular weight excluding hydrogens is 388 g/mol. The lowest BCUT2D eigenvalue weighted by Gasteiger charge is -2.33. The molecule has 6 heteroatoms. The monoisotopic (exact) mass is 414 g/mol. The molecule has 3 amide bonds. The van der Waals surface area contributed by atoms with Gasteiger partial charge in [0.1, 0.15) is 0 Å². The van der Waals surface area contributed by atoms with Gasteiger partial charge in [-0.15, -0.1) is 0 Å². The Morgan fingerprint density at radius 2 is 1.62 bits per heavy atom. The third kappa shape index (κ3) is 3.09. The molecule has 1 saturated heterocycles. The van der Waals surface area contributed by atoms with E-state index >= 15 is 0 Å². The van der Waals surface area contributed by atoms with Crippen LogP contribution in [0.5, 0.6) is 0 Å². The second-order valence-corrected chi connectivity index (χ2v) is 9.80. The Kier molecular flexibility index (Phi) is 4.69. The summed E-state index contributed by atoms with van der Waals surface area (Å²) in [5.41, 5.74) is 1.68. The van der Waals surface area contributed by atoms with Gasteiger partial charge in [0.05, 0.1) is 11.8 Å². The Labute approximate surface area is 176 Å². The van der Waals surface area contributed by atoms with E-state index < -0.39 is 0 Å². The summed E-state index contributed by atoms with van der Waals surface area (Å²) in [6.45, 7) is 1.93. The third-order valence-corrected chi connectivity index (χ3v) is 8.24. The number of amides is 3. The summed E-state index contributed by atoms with van der Waals surface area (Å²) in [6.07, 6.45) is 6.13. The van der Waals surface area contributed by atoms with Crippen molar-refractivity contribution in [2.24, 2.45) is 29.6 Å². The molecule has 1 aliphatic heterocycles. The van der Waals surface area contributed by atoms with Crippen molar-refractivity contribution in [3.05, 3.63) is 28.8 Å². The van der Waals surface area contributed by atoms with Crippen molar-refractivity contribution >= 4 is 35.0 Å². The first-order valence-corrected chi connectivity index (χ1v) is 11.3. The van der Waals surface area contributed by atoms with Gasteiger partial charge in [-0.1, -0.05) is 17.7 Å². The van der Waals surface area contributed by atoms with Gasteiger partial charge in [-0.25, -0.2) is 0 Å². The first kappa shape index (κ1) is 19.1. The first-order valence-electron chi connectivity index (χ1n) is 10.9. The summed E-state index contributed by atoms with van der Waals surface area (Å²) in [5, 5.41) is 3.60. The zero-order chi connectivity index (χ0) is 20.3. The molecule has 4 atom stereocenters. The molecule has 3 saturated carbocycles. The van der Waals surface area contributed by atoms with Crippen LogP contribution in [0.25, 0.3) is 0 Å². The van der Waals surface area contributed by atoms with Gasteiger partial charge in [0, 0.05) is 22.7 Å². The second-order valence-electron chi connectivity index (χ2n) is 9.39. The van der Waals surface area contributed by atoms with Crippen LogP contribution in [0.1, 0.15) is 50.5 Å². The van der Waals surface area contributed by atoms with E-state index in [9.17, 15) is 14.4 Å². The minimum Gasteiger partial charge on any atom is -0.326 e. The van der Waals surface area contributed by atoms with Crippen LogP contribution in [0.3, 0.4) is 0 Å². The van der Waals surface area contributed by atoms with Crippen LogP contribution in [0, 0.1) is 36.5 Å². The zero-order valence-electron chi connectivity index (χ0n) is 16.7. The van der Waals surface area contributed by atoms with Gasteiger partial charge in [-0.2, -0.15) is 0 Å². The first-order chi connectivity index (χ1) is 13.9. The molecule has 154 valence electrons. The van der Waals surface area contributed by atoms with E-state index in [2.05, 4.69) is 5.32 Å². The third-order valence-electron chi connectivity index (χ3n) is 7.83. The SMILES string of the molecule is Cc1ccc(NC(=O)C2CCC(N3C(=O)[C@@H]4[C@H]5CC[C@@H](C5)[C@H]4C3=O)CC2)cc1Cl. The topological polar surface area (TPSA) is 66.5 Å². The maximum absolute atomic E-state index is 13.0. The van der Waals surface area contributed by atoms with E-state index in [0.717, 1.165) is 37.7 Å². The molecule has 3 aliphatic carbocycles. The minimum absolute atomic E-state index is 0.00245. The molecule has 29 heavy (non-hydrogen) atoms. The standard InChI is InChI=1S/C23H27ClN2O3/c1-12-2-7-16(11-18(12)24)25-21(27)13-5-8-17(9-6-13)26-22(28)19-14-3-4-15(10-14)20(19)23(26)29/h2,7,11,13-15,17,19-20H,3-6,8-10H2,1H3,(H,25,27)/t13?,14-,15-,17?,19+,20+/m0/s1. The lowest BCUT2D eigenvalue weighted by molar-refractivity contribution is -0.144. The molecule has 2 bridgehead atoms. The lowest BCUT2D eigenvalue weighted by atomic mass is 9.81. The number of aryl methyl sites for hydroxylation is 1. The van der Waals surface area contributed by atoms with E-state index in [-0.39, 0.29) is 41.5 Å². The van der Waals surface area contributed by atoms with Crippen LogP contribution in [0.2, 0.25) is 5.02 Å². The average molecular weight is 415 g/mol. The number of benzene rings is 1. The Morgan fingerprint density at radius 3 is 2.21 bits per heavy atom. The number of nitrogens with one attached hydrogen (secondary N) is 1.